The average Bonchev–Trinajstić information content (AvgIpc) is 2.33. The molecule has 0 radical (unpaired) electrons. The van der Waals surface area contributed by atoms with Crippen LogP contribution >= 0.6 is 15.9 Å². The van der Waals surface area contributed by atoms with Gasteiger partial charge in [0.2, 0.25) is 0 Å². The molecule has 0 unspecified atom stereocenters. The van der Waals surface area contributed by atoms with Gasteiger partial charge in [0.1, 0.15) is 4.60 Å². The summed E-state index contributed by atoms with van der Waals surface area (Å²) >= 11 is 3.35. The van der Waals surface area contributed by atoms with E-state index in [0.717, 1.165) is 11.0 Å². The minimum absolute atomic E-state index is 0.966. The van der Waals surface area contributed by atoms with Crippen LogP contribution in [0, 0.1) is 0 Å². The largest absolute Gasteiger partial charge is 0.246 e. The fourth-order valence-electron chi connectivity index (χ4n) is 1.39. The van der Waals surface area contributed by atoms with Gasteiger partial charge >= 0.3 is 0 Å². The topological polar surface area (TPSA) is 12.9 Å². The number of aromatic nitrogens is 1. The lowest BCUT2D eigenvalue weighted by molar-refractivity contribution is 0.898. The minimum Gasteiger partial charge on any atom is -0.246 e. The standard InChI is InChI=1S/C8H8BrN/c9-8-5-4-6-2-1-3-7(6)10-8/h4-5H,1-3H2. The van der Waals surface area contributed by atoms with Crippen LogP contribution in [0.4, 0.5) is 0 Å². The molecule has 10 heavy (non-hydrogen) atoms. The summed E-state index contributed by atoms with van der Waals surface area (Å²) in [5, 5.41) is 0. The number of hydrogen-bond donors (Lipinski definition) is 0. The minimum atomic E-state index is 0.966. The molecule has 2 rings (SSSR count). The second kappa shape index (κ2) is 2.35. The van der Waals surface area contributed by atoms with Crippen LogP contribution in [0.1, 0.15) is 17.7 Å². The molecule has 1 nitrogen and oxygen atoms in total. The van der Waals surface area contributed by atoms with E-state index in [-0.39, 0.29) is 0 Å². The Morgan fingerprint density at radius 3 is 3.10 bits per heavy atom. The summed E-state index contributed by atoms with van der Waals surface area (Å²) in [6.45, 7) is 0. The van der Waals surface area contributed by atoms with Crippen LogP contribution in [0.2, 0.25) is 0 Å². The predicted octanol–water partition coefficient (Wildman–Crippen LogP) is 2.33. The third kappa shape index (κ3) is 0.966. The zero-order valence-electron chi connectivity index (χ0n) is 5.60. The molecular formula is C8H8BrN. The summed E-state index contributed by atoms with van der Waals surface area (Å²) in [5.41, 5.74) is 2.72. The Kier molecular flexibility index (Phi) is 1.49. The number of pyridine rings is 1. The molecule has 1 aliphatic rings. The molecular weight excluding hydrogens is 190 g/mol. The van der Waals surface area contributed by atoms with E-state index in [1.807, 2.05) is 6.07 Å². The zero-order chi connectivity index (χ0) is 6.97. The summed E-state index contributed by atoms with van der Waals surface area (Å²) in [7, 11) is 0. The number of nitrogens with zero attached hydrogens (tertiary/aromatic N) is 1. The van der Waals surface area contributed by atoms with Gasteiger partial charge in [-0.2, -0.15) is 0 Å². The second-order valence-electron chi connectivity index (χ2n) is 2.59. The first kappa shape index (κ1) is 6.35. The van der Waals surface area contributed by atoms with E-state index in [0.29, 0.717) is 0 Å². The van der Waals surface area contributed by atoms with Crippen LogP contribution in [-0.4, -0.2) is 4.98 Å². The lowest BCUT2D eigenvalue weighted by atomic mass is 10.2. The van der Waals surface area contributed by atoms with Crippen molar-refractivity contribution >= 4 is 15.9 Å². The zero-order valence-corrected chi connectivity index (χ0v) is 7.19. The molecule has 52 valence electrons. The van der Waals surface area contributed by atoms with Gasteiger partial charge in [-0.3, -0.25) is 0 Å². The van der Waals surface area contributed by atoms with Gasteiger partial charge in [-0.05, 0) is 46.8 Å². The van der Waals surface area contributed by atoms with Gasteiger partial charge in [0, 0.05) is 5.69 Å². The van der Waals surface area contributed by atoms with Crippen molar-refractivity contribution in [1.82, 2.24) is 4.98 Å². The Hall–Kier alpha value is -0.370. The third-order valence-corrected chi connectivity index (χ3v) is 2.34. The SMILES string of the molecule is Brc1ccc2c(n1)CCC2. The normalized spacial score (nSPS) is 15.3. The summed E-state index contributed by atoms with van der Waals surface area (Å²) in [4.78, 5) is 4.37. The number of hydrogen-bond acceptors (Lipinski definition) is 1. The van der Waals surface area contributed by atoms with Gasteiger partial charge in [-0.1, -0.05) is 6.07 Å². The molecule has 0 aromatic carbocycles. The Morgan fingerprint density at radius 1 is 1.30 bits per heavy atom. The number of fused-ring (bicyclic) bond motifs is 1. The van der Waals surface area contributed by atoms with Gasteiger partial charge < -0.3 is 0 Å². The van der Waals surface area contributed by atoms with Gasteiger partial charge in [0.15, 0.2) is 0 Å². The molecule has 0 aliphatic heterocycles. The molecule has 0 N–H and O–H groups in total. The molecule has 0 saturated heterocycles. The molecule has 0 atom stereocenters. The summed E-state index contributed by atoms with van der Waals surface area (Å²) < 4.78 is 0.966. The first-order valence-corrected chi connectivity index (χ1v) is 4.30. The highest BCUT2D eigenvalue weighted by atomic mass is 79.9. The Labute approximate surface area is 68.6 Å². The molecule has 0 fully saturated rings. The quantitative estimate of drug-likeness (QED) is 0.583. The van der Waals surface area contributed by atoms with Crippen molar-refractivity contribution in [1.29, 1.82) is 0 Å². The van der Waals surface area contributed by atoms with Gasteiger partial charge in [0.25, 0.3) is 0 Å². The summed E-state index contributed by atoms with van der Waals surface area (Å²) in [6, 6.07) is 4.18. The summed E-state index contributed by atoms with van der Waals surface area (Å²) in [6.07, 6.45) is 3.66. The number of aryl methyl sites for hydroxylation is 2. The molecule has 0 bridgehead atoms. The fourth-order valence-corrected chi connectivity index (χ4v) is 1.74. The van der Waals surface area contributed by atoms with E-state index in [9.17, 15) is 0 Å². The van der Waals surface area contributed by atoms with E-state index in [4.69, 9.17) is 0 Å². The number of halogens is 1. The molecule has 1 heterocycles. The lowest BCUT2D eigenvalue weighted by Gasteiger charge is -1.95. The van der Waals surface area contributed by atoms with Gasteiger partial charge in [-0.15, -0.1) is 0 Å². The van der Waals surface area contributed by atoms with Crippen molar-refractivity contribution in [2.75, 3.05) is 0 Å². The molecule has 1 aliphatic carbocycles. The van der Waals surface area contributed by atoms with E-state index in [2.05, 4.69) is 27.0 Å². The molecule has 0 amide bonds. The third-order valence-electron chi connectivity index (χ3n) is 1.89. The van der Waals surface area contributed by atoms with Crippen molar-refractivity contribution < 1.29 is 0 Å². The maximum atomic E-state index is 4.37. The smallest absolute Gasteiger partial charge is 0.106 e. The van der Waals surface area contributed by atoms with Crippen molar-refractivity contribution in [3.8, 4) is 0 Å². The van der Waals surface area contributed by atoms with E-state index in [1.165, 1.54) is 24.1 Å². The average molecular weight is 198 g/mol. The van der Waals surface area contributed by atoms with Crippen molar-refractivity contribution in [2.24, 2.45) is 0 Å². The van der Waals surface area contributed by atoms with Crippen LogP contribution in [-0.2, 0) is 12.8 Å². The van der Waals surface area contributed by atoms with Crippen LogP contribution in [0.5, 0.6) is 0 Å². The van der Waals surface area contributed by atoms with E-state index < -0.39 is 0 Å². The fraction of sp³-hybridized carbons (Fsp3) is 0.375. The lowest BCUT2D eigenvalue weighted by Crippen LogP contribution is -1.86. The number of rotatable bonds is 0. The highest BCUT2D eigenvalue weighted by Crippen LogP contribution is 2.21. The Bertz CT molecular complexity index is 257. The van der Waals surface area contributed by atoms with Crippen molar-refractivity contribution in [3.63, 3.8) is 0 Å². The van der Waals surface area contributed by atoms with Crippen molar-refractivity contribution in [3.05, 3.63) is 28.0 Å². The summed E-state index contributed by atoms with van der Waals surface area (Å²) in [5.74, 6) is 0. The van der Waals surface area contributed by atoms with Gasteiger partial charge in [0.05, 0.1) is 0 Å². The van der Waals surface area contributed by atoms with Crippen LogP contribution in [0.25, 0.3) is 0 Å². The molecule has 1 aromatic rings. The van der Waals surface area contributed by atoms with Crippen LogP contribution in [0.3, 0.4) is 0 Å². The predicted molar refractivity (Wildman–Crippen MR) is 44.0 cm³/mol. The van der Waals surface area contributed by atoms with Crippen LogP contribution in [0.15, 0.2) is 16.7 Å². The van der Waals surface area contributed by atoms with Gasteiger partial charge in [-0.25, -0.2) is 4.98 Å². The van der Waals surface area contributed by atoms with Crippen molar-refractivity contribution in [2.45, 2.75) is 19.3 Å². The maximum Gasteiger partial charge on any atom is 0.106 e. The molecule has 2 heteroatoms. The first-order valence-electron chi connectivity index (χ1n) is 3.50. The highest BCUT2D eigenvalue weighted by molar-refractivity contribution is 9.10. The van der Waals surface area contributed by atoms with E-state index in [1.54, 1.807) is 0 Å². The second-order valence-corrected chi connectivity index (χ2v) is 3.41. The van der Waals surface area contributed by atoms with E-state index >= 15 is 0 Å². The monoisotopic (exact) mass is 197 g/mol. The molecule has 0 spiro atoms. The Morgan fingerprint density at radius 2 is 2.20 bits per heavy atom. The molecule has 0 saturated carbocycles. The first-order chi connectivity index (χ1) is 4.86. The molecule has 1 aromatic heterocycles. The maximum absolute atomic E-state index is 4.37. The Balaban J connectivity index is 2.52. The highest BCUT2D eigenvalue weighted by Gasteiger charge is 2.10. The van der Waals surface area contributed by atoms with Crippen LogP contribution < -0.4 is 0 Å².